The summed E-state index contributed by atoms with van der Waals surface area (Å²) in [5.41, 5.74) is 1.50. The van der Waals surface area contributed by atoms with Gasteiger partial charge in [0.25, 0.3) is 0 Å². The number of rotatable bonds is 8. The maximum Gasteiger partial charge on any atom is 0.119 e. The van der Waals surface area contributed by atoms with Crippen LogP contribution in [0, 0.1) is 5.41 Å². The van der Waals surface area contributed by atoms with E-state index in [4.69, 9.17) is 4.74 Å². The molecule has 106 valence electrons. The van der Waals surface area contributed by atoms with Crippen LogP contribution in [0.3, 0.4) is 0 Å². The van der Waals surface area contributed by atoms with Crippen LogP contribution < -0.4 is 10.1 Å². The van der Waals surface area contributed by atoms with E-state index in [2.05, 4.69) is 17.4 Å². The number of nitrogens with one attached hydrogen (secondary N) is 1. The summed E-state index contributed by atoms with van der Waals surface area (Å²) in [5, 5.41) is 12.9. The predicted molar refractivity (Wildman–Crippen MR) is 77.6 cm³/mol. The first-order chi connectivity index (χ1) is 9.28. The molecular weight excluding hydrogens is 238 g/mol. The van der Waals surface area contributed by atoms with Crippen molar-refractivity contribution in [3.63, 3.8) is 0 Å². The van der Waals surface area contributed by atoms with E-state index in [0.29, 0.717) is 13.2 Å². The average Bonchev–Trinajstić information content (AvgIpc) is 2.39. The zero-order chi connectivity index (χ0) is 13.6. The summed E-state index contributed by atoms with van der Waals surface area (Å²) in [6.45, 7) is 4.94. The van der Waals surface area contributed by atoms with Crippen LogP contribution in [-0.4, -0.2) is 31.4 Å². The van der Waals surface area contributed by atoms with Gasteiger partial charge in [-0.3, -0.25) is 0 Å². The van der Waals surface area contributed by atoms with E-state index in [1.165, 1.54) is 24.8 Å². The maximum absolute atomic E-state index is 9.38. The molecule has 0 saturated heterocycles. The molecule has 2 N–H and O–H groups in total. The Labute approximate surface area is 116 Å². The number of hydrogen-bond acceptors (Lipinski definition) is 3. The van der Waals surface area contributed by atoms with Crippen LogP contribution in [0.25, 0.3) is 0 Å². The molecule has 1 aromatic carbocycles. The SMILES string of the molecule is CCOc1ccc(CCNCC2(CO)CCC2)cc1. The maximum atomic E-state index is 9.38. The van der Waals surface area contributed by atoms with Gasteiger partial charge in [0.2, 0.25) is 0 Å². The number of benzene rings is 1. The van der Waals surface area contributed by atoms with Crippen molar-refractivity contribution in [3.05, 3.63) is 29.8 Å². The molecule has 1 aliphatic carbocycles. The second-order valence-corrected chi connectivity index (χ2v) is 5.52. The molecule has 3 nitrogen and oxygen atoms in total. The van der Waals surface area contributed by atoms with Crippen molar-refractivity contribution in [2.75, 3.05) is 26.3 Å². The second kappa shape index (κ2) is 6.92. The monoisotopic (exact) mass is 263 g/mol. The molecule has 1 fully saturated rings. The quantitative estimate of drug-likeness (QED) is 0.708. The summed E-state index contributed by atoms with van der Waals surface area (Å²) in [5.74, 6) is 0.938. The molecular formula is C16H25NO2. The van der Waals surface area contributed by atoms with Gasteiger partial charge in [-0.1, -0.05) is 18.6 Å². The Morgan fingerprint density at radius 1 is 1.26 bits per heavy atom. The number of hydrogen-bond donors (Lipinski definition) is 2. The van der Waals surface area contributed by atoms with Gasteiger partial charge in [-0.15, -0.1) is 0 Å². The lowest BCUT2D eigenvalue weighted by molar-refractivity contribution is 0.0451. The highest BCUT2D eigenvalue weighted by molar-refractivity contribution is 5.27. The number of ether oxygens (including phenoxy) is 1. The lowest BCUT2D eigenvalue weighted by atomic mass is 9.69. The molecule has 0 bridgehead atoms. The minimum Gasteiger partial charge on any atom is -0.494 e. The topological polar surface area (TPSA) is 41.5 Å². The number of aliphatic hydroxyl groups excluding tert-OH is 1. The van der Waals surface area contributed by atoms with Crippen molar-refractivity contribution < 1.29 is 9.84 Å². The van der Waals surface area contributed by atoms with Gasteiger partial charge in [-0.05, 0) is 50.4 Å². The molecule has 3 heteroatoms. The van der Waals surface area contributed by atoms with Gasteiger partial charge in [0.1, 0.15) is 5.75 Å². The Hall–Kier alpha value is -1.06. The lowest BCUT2D eigenvalue weighted by Crippen LogP contribution is -2.43. The van der Waals surface area contributed by atoms with E-state index in [-0.39, 0.29) is 5.41 Å². The molecule has 0 spiro atoms. The molecule has 19 heavy (non-hydrogen) atoms. The summed E-state index contributed by atoms with van der Waals surface area (Å²) in [4.78, 5) is 0. The Kier molecular flexibility index (Phi) is 5.23. The molecule has 0 unspecified atom stereocenters. The van der Waals surface area contributed by atoms with Crippen LogP contribution in [0.5, 0.6) is 5.75 Å². The van der Waals surface area contributed by atoms with Crippen LogP contribution >= 0.6 is 0 Å². The van der Waals surface area contributed by atoms with Crippen LogP contribution in [0.4, 0.5) is 0 Å². The molecule has 0 aromatic heterocycles. The molecule has 1 aromatic rings. The predicted octanol–water partition coefficient (Wildman–Crippen LogP) is 2.38. The van der Waals surface area contributed by atoms with Crippen LogP contribution in [-0.2, 0) is 6.42 Å². The first-order valence-electron chi connectivity index (χ1n) is 7.31. The second-order valence-electron chi connectivity index (χ2n) is 5.52. The largest absolute Gasteiger partial charge is 0.494 e. The van der Waals surface area contributed by atoms with Gasteiger partial charge >= 0.3 is 0 Å². The van der Waals surface area contributed by atoms with Crippen molar-refractivity contribution in [3.8, 4) is 5.75 Å². The van der Waals surface area contributed by atoms with E-state index < -0.39 is 0 Å². The zero-order valence-electron chi connectivity index (χ0n) is 11.8. The normalized spacial score (nSPS) is 16.9. The third kappa shape index (κ3) is 3.95. The van der Waals surface area contributed by atoms with E-state index in [1.54, 1.807) is 0 Å². The lowest BCUT2D eigenvalue weighted by Gasteiger charge is -2.40. The summed E-state index contributed by atoms with van der Waals surface area (Å²) in [6, 6.07) is 8.30. The Balaban J connectivity index is 1.67. The fourth-order valence-electron chi connectivity index (χ4n) is 2.57. The molecule has 0 atom stereocenters. The van der Waals surface area contributed by atoms with Gasteiger partial charge < -0.3 is 15.2 Å². The van der Waals surface area contributed by atoms with Crippen molar-refractivity contribution in [2.45, 2.75) is 32.6 Å². The van der Waals surface area contributed by atoms with Crippen molar-refractivity contribution in [2.24, 2.45) is 5.41 Å². The summed E-state index contributed by atoms with van der Waals surface area (Å²) in [6.07, 6.45) is 4.62. The van der Waals surface area contributed by atoms with Crippen molar-refractivity contribution >= 4 is 0 Å². The minimum atomic E-state index is 0.179. The van der Waals surface area contributed by atoms with Crippen LogP contribution in [0.15, 0.2) is 24.3 Å². The minimum absolute atomic E-state index is 0.179. The standard InChI is InChI=1S/C16H25NO2/c1-2-19-15-6-4-14(5-7-15)8-11-17-12-16(13-18)9-3-10-16/h4-7,17-18H,2-3,8-13H2,1H3. The Morgan fingerprint density at radius 2 is 2.00 bits per heavy atom. The highest BCUT2D eigenvalue weighted by Gasteiger charge is 2.35. The fraction of sp³-hybridized carbons (Fsp3) is 0.625. The third-order valence-corrected chi connectivity index (χ3v) is 4.07. The Morgan fingerprint density at radius 3 is 2.53 bits per heavy atom. The first kappa shape index (κ1) is 14.4. The Bertz CT molecular complexity index is 365. The average molecular weight is 263 g/mol. The van der Waals surface area contributed by atoms with Gasteiger partial charge in [0, 0.05) is 18.6 Å². The van der Waals surface area contributed by atoms with Crippen LogP contribution in [0.2, 0.25) is 0 Å². The molecule has 2 rings (SSSR count). The smallest absolute Gasteiger partial charge is 0.119 e. The van der Waals surface area contributed by atoms with E-state index in [9.17, 15) is 5.11 Å². The summed E-state index contributed by atoms with van der Waals surface area (Å²) >= 11 is 0. The fourth-order valence-corrected chi connectivity index (χ4v) is 2.57. The van der Waals surface area contributed by atoms with Gasteiger partial charge in [-0.2, -0.15) is 0 Å². The first-order valence-corrected chi connectivity index (χ1v) is 7.31. The summed E-state index contributed by atoms with van der Waals surface area (Å²) in [7, 11) is 0. The molecule has 0 aliphatic heterocycles. The summed E-state index contributed by atoms with van der Waals surface area (Å²) < 4.78 is 5.42. The highest BCUT2D eigenvalue weighted by Crippen LogP contribution is 2.39. The molecule has 0 amide bonds. The highest BCUT2D eigenvalue weighted by atomic mass is 16.5. The molecule has 0 heterocycles. The number of aliphatic hydroxyl groups is 1. The molecule has 1 aliphatic rings. The van der Waals surface area contributed by atoms with E-state index in [0.717, 1.165) is 25.3 Å². The molecule has 1 saturated carbocycles. The van der Waals surface area contributed by atoms with E-state index in [1.807, 2.05) is 19.1 Å². The third-order valence-electron chi connectivity index (χ3n) is 4.07. The van der Waals surface area contributed by atoms with Crippen LogP contribution in [0.1, 0.15) is 31.7 Å². The van der Waals surface area contributed by atoms with E-state index >= 15 is 0 Å². The van der Waals surface area contributed by atoms with Crippen molar-refractivity contribution in [1.29, 1.82) is 0 Å². The molecule has 0 radical (unpaired) electrons. The van der Waals surface area contributed by atoms with Gasteiger partial charge in [0.15, 0.2) is 0 Å². The van der Waals surface area contributed by atoms with Gasteiger partial charge in [0.05, 0.1) is 6.61 Å². The van der Waals surface area contributed by atoms with Gasteiger partial charge in [-0.25, -0.2) is 0 Å². The zero-order valence-corrected chi connectivity index (χ0v) is 11.8. The van der Waals surface area contributed by atoms with Crippen molar-refractivity contribution in [1.82, 2.24) is 5.32 Å².